The Labute approximate surface area is 212 Å². The largest absolute Gasteiger partial charge is 0.490 e. The third kappa shape index (κ3) is 5.90. The number of amidine groups is 1. The fraction of sp³-hybridized carbons (Fsp3) is 0.185. The van der Waals surface area contributed by atoms with Crippen molar-refractivity contribution < 1.29 is 14.3 Å². The van der Waals surface area contributed by atoms with Crippen molar-refractivity contribution >= 4 is 50.5 Å². The van der Waals surface area contributed by atoms with Crippen LogP contribution in [-0.4, -0.2) is 17.7 Å². The Morgan fingerprint density at radius 1 is 1.00 bits per heavy atom. The molecule has 1 amide bonds. The van der Waals surface area contributed by atoms with Gasteiger partial charge in [0.2, 0.25) is 0 Å². The first-order valence-corrected chi connectivity index (χ1v) is 12.5. The Hall–Kier alpha value is -3.03. The van der Waals surface area contributed by atoms with Gasteiger partial charge in [-0.15, -0.1) is 0 Å². The number of nitrogens with zero attached hydrogens (tertiary/aromatic N) is 1. The number of carbonyl (C=O) groups excluding carboxylic acids is 1. The second kappa shape index (κ2) is 10.9. The smallest absolute Gasteiger partial charge is 0.264 e. The molecule has 4 rings (SSSR count). The van der Waals surface area contributed by atoms with E-state index >= 15 is 0 Å². The fourth-order valence-electron chi connectivity index (χ4n) is 3.47. The minimum absolute atomic E-state index is 0.170. The Balaban J connectivity index is 1.52. The van der Waals surface area contributed by atoms with E-state index in [4.69, 9.17) is 9.47 Å². The summed E-state index contributed by atoms with van der Waals surface area (Å²) in [6.45, 7) is 6.94. The minimum Gasteiger partial charge on any atom is -0.490 e. The van der Waals surface area contributed by atoms with E-state index in [9.17, 15) is 4.79 Å². The summed E-state index contributed by atoms with van der Waals surface area (Å²) in [4.78, 5) is 17.8. The van der Waals surface area contributed by atoms with E-state index in [0.717, 1.165) is 32.4 Å². The normalized spacial score (nSPS) is 15.6. The summed E-state index contributed by atoms with van der Waals surface area (Å²) in [5, 5.41) is 3.41. The lowest BCUT2D eigenvalue weighted by Gasteiger charge is -2.13. The van der Waals surface area contributed by atoms with E-state index in [1.807, 2.05) is 87.5 Å². The van der Waals surface area contributed by atoms with Crippen LogP contribution in [0.1, 0.15) is 29.2 Å². The molecule has 0 aliphatic carbocycles. The second-order valence-electron chi connectivity index (χ2n) is 7.79. The minimum atomic E-state index is -0.170. The molecule has 1 fully saturated rings. The summed E-state index contributed by atoms with van der Waals surface area (Å²) in [6.07, 6.45) is 1.84. The molecule has 7 heteroatoms. The summed E-state index contributed by atoms with van der Waals surface area (Å²) in [7, 11) is 0. The number of thioether (sulfide) groups is 1. The van der Waals surface area contributed by atoms with Gasteiger partial charge < -0.3 is 14.8 Å². The van der Waals surface area contributed by atoms with Crippen LogP contribution < -0.4 is 14.8 Å². The fourth-order valence-corrected chi connectivity index (χ4v) is 4.54. The van der Waals surface area contributed by atoms with Gasteiger partial charge in [0.05, 0.1) is 17.2 Å². The van der Waals surface area contributed by atoms with E-state index in [2.05, 4.69) is 26.2 Å². The molecule has 1 aliphatic rings. The van der Waals surface area contributed by atoms with Crippen molar-refractivity contribution in [3.8, 4) is 11.5 Å². The van der Waals surface area contributed by atoms with Crippen LogP contribution in [0.5, 0.6) is 11.5 Å². The second-order valence-corrected chi connectivity index (χ2v) is 9.61. The van der Waals surface area contributed by atoms with Crippen molar-refractivity contribution in [2.45, 2.75) is 27.4 Å². The molecular weight excluding hydrogens is 512 g/mol. The average Bonchev–Trinajstić information content (AvgIpc) is 3.16. The highest BCUT2D eigenvalue weighted by Crippen LogP contribution is 2.34. The first-order chi connectivity index (χ1) is 16.4. The highest BCUT2D eigenvalue weighted by Gasteiger charge is 2.24. The van der Waals surface area contributed by atoms with Gasteiger partial charge in [-0.05, 0) is 85.1 Å². The van der Waals surface area contributed by atoms with Gasteiger partial charge in [0.25, 0.3) is 5.91 Å². The van der Waals surface area contributed by atoms with Crippen molar-refractivity contribution in [3.63, 3.8) is 0 Å². The van der Waals surface area contributed by atoms with Gasteiger partial charge in [0, 0.05) is 4.47 Å². The van der Waals surface area contributed by atoms with Crippen LogP contribution in [0.15, 0.2) is 75.0 Å². The molecule has 3 aromatic rings. The first-order valence-electron chi connectivity index (χ1n) is 10.9. The van der Waals surface area contributed by atoms with E-state index in [0.29, 0.717) is 34.8 Å². The van der Waals surface area contributed by atoms with Gasteiger partial charge >= 0.3 is 0 Å². The first kappa shape index (κ1) is 24.1. The molecule has 0 aromatic heterocycles. The standard InChI is InChI=1S/C27H25BrN2O3S/c1-4-32-23-14-20(10-11-22(23)33-16-19-8-6-5-7-9-19)15-24-26(31)30-27(34-24)29-21-12-17(2)25(28)18(3)13-21/h5-15H,4,16H2,1-3H3,(H,29,30,31)/b24-15-. The number of rotatable bonds is 7. The predicted molar refractivity (Wildman–Crippen MR) is 143 cm³/mol. The molecule has 0 radical (unpaired) electrons. The topological polar surface area (TPSA) is 59.9 Å². The molecule has 1 saturated heterocycles. The summed E-state index contributed by atoms with van der Waals surface area (Å²) in [5.41, 5.74) is 4.94. The average molecular weight is 537 g/mol. The number of amides is 1. The summed E-state index contributed by atoms with van der Waals surface area (Å²) in [6, 6.07) is 19.6. The van der Waals surface area contributed by atoms with E-state index < -0.39 is 0 Å². The third-order valence-corrected chi connectivity index (χ3v) is 7.27. The Bertz CT molecular complexity index is 1250. The lowest BCUT2D eigenvalue weighted by molar-refractivity contribution is -0.115. The number of benzene rings is 3. The van der Waals surface area contributed by atoms with Gasteiger partial charge in [0.15, 0.2) is 16.7 Å². The number of ether oxygens (including phenoxy) is 2. The molecule has 1 heterocycles. The van der Waals surface area contributed by atoms with Crippen LogP contribution in [0.25, 0.3) is 6.08 Å². The number of hydrogen-bond acceptors (Lipinski definition) is 5. The SMILES string of the molecule is CCOc1cc(/C=C2\SC(=Nc3cc(C)c(Br)c(C)c3)NC2=O)ccc1OCc1ccccc1. The molecule has 1 aliphatic heterocycles. The molecule has 0 saturated carbocycles. The monoisotopic (exact) mass is 536 g/mol. The molecule has 0 bridgehead atoms. The molecule has 174 valence electrons. The lowest BCUT2D eigenvalue weighted by Crippen LogP contribution is -2.19. The summed E-state index contributed by atoms with van der Waals surface area (Å²) >= 11 is 4.90. The molecule has 0 spiro atoms. The summed E-state index contributed by atoms with van der Waals surface area (Å²) in [5.74, 6) is 1.14. The lowest BCUT2D eigenvalue weighted by atomic mass is 10.1. The molecule has 0 unspecified atom stereocenters. The molecule has 3 aromatic carbocycles. The van der Waals surface area contributed by atoms with Gasteiger partial charge in [-0.3, -0.25) is 4.79 Å². The van der Waals surface area contributed by atoms with Crippen LogP contribution in [0, 0.1) is 13.8 Å². The number of halogens is 1. The van der Waals surface area contributed by atoms with Gasteiger partial charge in [-0.25, -0.2) is 4.99 Å². The van der Waals surface area contributed by atoms with Crippen molar-refractivity contribution in [1.29, 1.82) is 0 Å². The Morgan fingerprint density at radius 2 is 1.74 bits per heavy atom. The maximum absolute atomic E-state index is 12.6. The zero-order chi connectivity index (χ0) is 24.1. The van der Waals surface area contributed by atoms with E-state index in [1.54, 1.807) is 0 Å². The highest BCUT2D eigenvalue weighted by molar-refractivity contribution is 9.10. The number of carbonyl (C=O) groups is 1. The zero-order valence-corrected chi connectivity index (χ0v) is 21.6. The zero-order valence-electron chi connectivity index (χ0n) is 19.2. The van der Waals surface area contributed by atoms with Crippen LogP contribution in [0.4, 0.5) is 5.69 Å². The summed E-state index contributed by atoms with van der Waals surface area (Å²) < 4.78 is 12.9. The van der Waals surface area contributed by atoms with Crippen molar-refractivity contribution in [2.24, 2.45) is 4.99 Å². The number of nitrogens with one attached hydrogen (secondary N) is 1. The van der Waals surface area contributed by atoms with E-state index in [-0.39, 0.29) is 5.91 Å². The third-order valence-electron chi connectivity index (χ3n) is 5.11. The number of aliphatic imine (C=N–C) groups is 1. The Kier molecular flexibility index (Phi) is 7.75. The van der Waals surface area contributed by atoms with Gasteiger partial charge in [-0.2, -0.15) is 0 Å². The van der Waals surface area contributed by atoms with Crippen molar-refractivity contribution in [1.82, 2.24) is 5.32 Å². The predicted octanol–water partition coefficient (Wildman–Crippen LogP) is 6.94. The van der Waals surface area contributed by atoms with Crippen LogP contribution >= 0.6 is 27.7 Å². The van der Waals surface area contributed by atoms with Gasteiger partial charge in [0.1, 0.15) is 6.61 Å². The Morgan fingerprint density at radius 3 is 2.44 bits per heavy atom. The maximum Gasteiger partial charge on any atom is 0.264 e. The highest BCUT2D eigenvalue weighted by atomic mass is 79.9. The maximum atomic E-state index is 12.6. The van der Waals surface area contributed by atoms with Gasteiger partial charge in [-0.1, -0.05) is 52.3 Å². The molecule has 5 nitrogen and oxygen atoms in total. The van der Waals surface area contributed by atoms with Crippen LogP contribution in [0.3, 0.4) is 0 Å². The van der Waals surface area contributed by atoms with Crippen molar-refractivity contribution in [3.05, 3.63) is 92.3 Å². The number of hydrogen-bond donors (Lipinski definition) is 1. The van der Waals surface area contributed by atoms with Crippen LogP contribution in [-0.2, 0) is 11.4 Å². The van der Waals surface area contributed by atoms with Crippen LogP contribution in [0.2, 0.25) is 0 Å². The molecular formula is C27H25BrN2O3S. The molecule has 0 atom stereocenters. The quantitative estimate of drug-likeness (QED) is 0.332. The van der Waals surface area contributed by atoms with Crippen molar-refractivity contribution in [2.75, 3.05) is 6.61 Å². The molecule has 1 N–H and O–H groups in total. The van der Waals surface area contributed by atoms with E-state index in [1.165, 1.54) is 11.8 Å². The molecule has 34 heavy (non-hydrogen) atoms. The number of aryl methyl sites for hydroxylation is 2.